The van der Waals surface area contributed by atoms with Gasteiger partial charge < -0.3 is 10.1 Å². The maximum absolute atomic E-state index is 13.2. The van der Waals surface area contributed by atoms with Crippen molar-refractivity contribution in [2.24, 2.45) is 0 Å². The number of rotatable bonds is 4. The summed E-state index contributed by atoms with van der Waals surface area (Å²) in [4.78, 5) is 35.9. The van der Waals surface area contributed by atoms with E-state index in [0.717, 1.165) is 27.0 Å². The van der Waals surface area contributed by atoms with E-state index in [0.29, 0.717) is 27.5 Å². The highest BCUT2D eigenvalue weighted by Crippen LogP contribution is 2.32. The number of fused-ring (bicyclic) bond motifs is 3. The molecule has 0 spiro atoms. The molecular weight excluding hydrogens is 400 g/mol. The molecule has 8 heteroatoms. The maximum atomic E-state index is 13.2. The molecule has 4 rings (SSSR count). The number of nitrogens with zero attached hydrogens (tertiary/aromatic N) is 3. The first-order chi connectivity index (χ1) is 14.3. The summed E-state index contributed by atoms with van der Waals surface area (Å²) in [6.45, 7) is 7.46. The Morgan fingerprint density at radius 3 is 2.67 bits per heavy atom. The van der Waals surface area contributed by atoms with E-state index in [2.05, 4.69) is 15.3 Å². The minimum Gasteiger partial charge on any atom is -0.495 e. The Hall–Kier alpha value is -3.26. The number of amides is 1. The van der Waals surface area contributed by atoms with E-state index in [1.807, 2.05) is 39.0 Å². The molecule has 7 nitrogen and oxygen atoms in total. The van der Waals surface area contributed by atoms with Crippen molar-refractivity contribution in [2.45, 2.75) is 34.2 Å². The van der Waals surface area contributed by atoms with Gasteiger partial charge in [0, 0.05) is 11.1 Å². The number of ether oxygens (including phenoxy) is 1. The molecule has 1 aromatic carbocycles. The van der Waals surface area contributed by atoms with Crippen LogP contribution in [0.4, 0.5) is 5.69 Å². The minimum atomic E-state index is -0.323. The van der Waals surface area contributed by atoms with Crippen molar-refractivity contribution in [3.05, 3.63) is 57.3 Å². The molecule has 0 atom stereocenters. The van der Waals surface area contributed by atoms with Crippen LogP contribution in [0, 0.1) is 27.7 Å². The highest BCUT2D eigenvalue weighted by molar-refractivity contribution is 7.25. The number of pyridine rings is 1. The van der Waals surface area contributed by atoms with Crippen LogP contribution in [0.5, 0.6) is 5.75 Å². The summed E-state index contributed by atoms with van der Waals surface area (Å²) in [6, 6.07) is 7.51. The summed E-state index contributed by atoms with van der Waals surface area (Å²) in [7, 11) is 1.55. The van der Waals surface area contributed by atoms with Gasteiger partial charge in [-0.25, -0.2) is 9.97 Å². The third kappa shape index (κ3) is 3.43. The topological polar surface area (TPSA) is 86.1 Å². The number of nitrogens with one attached hydrogen (secondary N) is 1. The van der Waals surface area contributed by atoms with Crippen LogP contribution < -0.4 is 15.6 Å². The van der Waals surface area contributed by atoms with Crippen molar-refractivity contribution in [1.82, 2.24) is 14.5 Å². The molecule has 0 bridgehead atoms. The number of aromatic nitrogens is 3. The Morgan fingerprint density at radius 1 is 1.17 bits per heavy atom. The first-order valence-corrected chi connectivity index (χ1v) is 10.3. The standard InChI is InChI=1S/C22H22N4O3S/c1-11-6-7-16(29-5)15(8-11)25-17(27)10-26-14(4)24-19-18-12(2)9-13(3)23-21(18)30-20(19)22(26)28/h6-9H,10H2,1-5H3,(H,25,27). The fourth-order valence-corrected chi connectivity index (χ4v) is 4.79. The second-order valence-corrected chi connectivity index (χ2v) is 8.34. The van der Waals surface area contributed by atoms with Gasteiger partial charge in [-0.05, 0) is 57.0 Å². The molecule has 154 valence electrons. The molecule has 4 aromatic rings. The van der Waals surface area contributed by atoms with Crippen LogP contribution in [0.15, 0.2) is 29.1 Å². The summed E-state index contributed by atoms with van der Waals surface area (Å²) >= 11 is 1.32. The molecule has 0 fully saturated rings. The number of hydrogen-bond donors (Lipinski definition) is 1. The van der Waals surface area contributed by atoms with Crippen molar-refractivity contribution in [3.63, 3.8) is 0 Å². The van der Waals surface area contributed by atoms with Crippen LogP contribution in [-0.4, -0.2) is 27.6 Å². The number of methoxy groups -OCH3 is 1. The van der Waals surface area contributed by atoms with Crippen molar-refractivity contribution < 1.29 is 9.53 Å². The lowest BCUT2D eigenvalue weighted by Crippen LogP contribution is -2.29. The predicted molar refractivity (Wildman–Crippen MR) is 120 cm³/mol. The number of anilines is 1. The Morgan fingerprint density at radius 2 is 1.93 bits per heavy atom. The van der Waals surface area contributed by atoms with Crippen molar-refractivity contribution in [2.75, 3.05) is 12.4 Å². The highest BCUT2D eigenvalue weighted by atomic mass is 32.1. The molecule has 0 unspecified atom stereocenters. The van der Waals surface area contributed by atoms with Gasteiger partial charge in [0.1, 0.15) is 27.6 Å². The van der Waals surface area contributed by atoms with Crippen molar-refractivity contribution >= 4 is 43.4 Å². The van der Waals surface area contributed by atoms with Gasteiger partial charge in [0.15, 0.2) is 0 Å². The molecule has 30 heavy (non-hydrogen) atoms. The second-order valence-electron chi connectivity index (χ2n) is 7.34. The lowest BCUT2D eigenvalue weighted by molar-refractivity contribution is -0.116. The molecule has 0 aliphatic heterocycles. The number of carbonyl (C=O) groups excluding carboxylic acids is 1. The molecule has 3 heterocycles. The van der Waals surface area contributed by atoms with Gasteiger partial charge in [-0.3, -0.25) is 14.2 Å². The van der Waals surface area contributed by atoms with E-state index in [4.69, 9.17) is 4.74 Å². The molecule has 0 saturated heterocycles. The zero-order valence-electron chi connectivity index (χ0n) is 17.5. The Kier molecular flexibility index (Phi) is 5.03. The normalized spacial score (nSPS) is 11.2. The number of benzene rings is 1. The molecule has 3 aromatic heterocycles. The zero-order chi connectivity index (χ0) is 21.6. The zero-order valence-corrected chi connectivity index (χ0v) is 18.3. The third-order valence-corrected chi connectivity index (χ3v) is 6.06. The fourth-order valence-electron chi connectivity index (χ4n) is 3.61. The first-order valence-electron chi connectivity index (χ1n) is 9.51. The van der Waals surface area contributed by atoms with Crippen LogP contribution in [0.1, 0.15) is 22.6 Å². The van der Waals surface area contributed by atoms with E-state index in [9.17, 15) is 9.59 Å². The van der Waals surface area contributed by atoms with E-state index in [-0.39, 0.29) is 18.0 Å². The predicted octanol–water partition coefficient (Wildman–Crippen LogP) is 3.89. The van der Waals surface area contributed by atoms with Gasteiger partial charge in [0.05, 0.1) is 18.3 Å². The molecule has 0 saturated carbocycles. The smallest absolute Gasteiger partial charge is 0.272 e. The summed E-state index contributed by atoms with van der Waals surface area (Å²) in [6.07, 6.45) is 0. The van der Waals surface area contributed by atoms with Crippen LogP contribution in [-0.2, 0) is 11.3 Å². The average Bonchev–Trinajstić information content (AvgIpc) is 3.04. The van der Waals surface area contributed by atoms with Gasteiger partial charge in [0.25, 0.3) is 5.56 Å². The SMILES string of the molecule is COc1ccc(C)cc1NC(=O)Cn1c(C)nc2c(sc3nc(C)cc(C)c32)c1=O. The molecule has 1 N–H and O–H groups in total. The van der Waals surface area contributed by atoms with Gasteiger partial charge in [-0.2, -0.15) is 0 Å². The van der Waals surface area contributed by atoms with E-state index >= 15 is 0 Å². The number of thiophene rings is 1. The van der Waals surface area contributed by atoms with Crippen molar-refractivity contribution in [1.29, 1.82) is 0 Å². The summed E-state index contributed by atoms with van der Waals surface area (Å²) in [5, 5.41) is 3.74. The van der Waals surface area contributed by atoms with E-state index in [1.54, 1.807) is 20.1 Å². The van der Waals surface area contributed by atoms with Crippen LogP contribution in [0.3, 0.4) is 0 Å². The number of aryl methyl sites for hydroxylation is 4. The van der Waals surface area contributed by atoms with Crippen molar-refractivity contribution in [3.8, 4) is 5.75 Å². The quantitative estimate of drug-likeness (QED) is 0.539. The third-order valence-electron chi connectivity index (χ3n) is 5.00. The molecular formula is C22H22N4O3S. The first kappa shape index (κ1) is 20.0. The summed E-state index contributed by atoms with van der Waals surface area (Å²) in [5.41, 5.74) is 3.92. The molecule has 0 aliphatic carbocycles. The Bertz CT molecular complexity index is 1370. The molecule has 1 amide bonds. The van der Waals surface area contributed by atoms with Crippen LogP contribution >= 0.6 is 11.3 Å². The van der Waals surface area contributed by atoms with E-state index < -0.39 is 0 Å². The molecule has 0 aliphatic rings. The van der Waals surface area contributed by atoms with Gasteiger partial charge in [-0.15, -0.1) is 11.3 Å². The number of carbonyl (C=O) groups is 1. The largest absolute Gasteiger partial charge is 0.495 e. The maximum Gasteiger partial charge on any atom is 0.272 e. The molecule has 0 radical (unpaired) electrons. The van der Waals surface area contributed by atoms with Crippen LogP contribution in [0.2, 0.25) is 0 Å². The monoisotopic (exact) mass is 422 g/mol. The number of hydrogen-bond acceptors (Lipinski definition) is 6. The van der Waals surface area contributed by atoms with E-state index in [1.165, 1.54) is 15.9 Å². The summed E-state index contributed by atoms with van der Waals surface area (Å²) in [5.74, 6) is 0.725. The summed E-state index contributed by atoms with van der Waals surface area (Å²) < 4.78 is 7.22. The highest BCUT2D eigenvalue weighted by Gasteiger charge is 2.18. The van der Waals surface area contributed by atoms with Gasteiger partial charge >= 0.3 is 0 Å². The second kappa shape index (κ2) is 7.53. The Labute approximate surface area is 177 Å². The van der Waals surface area contributed by atoms with Gasteiger partial charge in [-0.1, -0.05) is 6.07 Å². The Balaban J connectivity index is 1.74. The van der Waals surface area contributed by atoms with Gasteiger partial charge in [0.2, 0.25) is 5.91 Å². The minimum absolute atomic E-state index is 0.135. The van der Waals surface area contributed by atoms with Crippen LogP contribution in [0.25, 0.3) is 20.4 Å². The fraction of sp³-hybridized carbons (Fsp3) is 0.273. The lowest BCUT2D eigenvalue weighted by atomic mass is 10.1. The average molecular weight is 423 g/mol. The lowest BCUT2D eigenvalue weighted by Gasteiger charge is -2.13.